The number of carbonyl (C=O) groups excluding carboxylic acids is 1. The molecule has 1 aliphatic rings. The van der Waals surface area contributed by atoms with Crippen molar-refractivity contribution in [2.75, 3.05) is 18.9 Å². The molecular weight excluding hydrogens is 198 g/mol. The lowest BCUT2D eigenvalue weighted by Gasteiger charge is -1.99. The van der Waals surface area contributed by atoms with E-state index in [0.29, 0.717) is 6.54 Å². The standard InChI is InChI=1S/C9H13N3OS/c1-10-5-8(13)12-9-11-6-3-2-4-7(6)14-9/h10H,2-5H2,1H3,(H,11,12,13). The molecule has 1 heterocycles. The van der Waals surface area contributed by atoms with Crippen LogP contribution in [-0.2, 0) is 17.6 Å². The average Bonchev–Trinajstić information content (AvgIpc) is 2.63. The molecule has 4 nitrogen and oxygen atoms in total. The minimum absolute atomic E-state index is 0.0278. The summed E-state index contributed by atoms with van der Waals surface area (Å²) < 4.78 is 0. The van der Waals surface area contributed by atoms with Crippen LogP contribution in [0.2, 0.25) is 0 Å². The second-order valence-electron chi connectivity index (χ2n) is 3.32. The molecule has 2 rings (SSSR count). The van der Waals surface area contributed by atoms with Crippen LogP contribution in [0.5, 0.6) is 0 Å². The van der Waals surface area contributed by atoms with Crippen molar-refractivity contribution in [2.45, 2.75) is 19.3 Å². The van der Waals surface area contributed by atoms with Crippen LogP contribution in [0.25, 0.3) is 0 Å². The molecule has 0 spiro atoms. The molecule has 0 radical (unpaired) electrons. The first-order valence-corrected chi connectivity index (χ1v) is 5.54. The smallest absolute Gasteiger partial charge is 0.240 e. The number of amides is 1. The number of hydrogen-bond donors (Lipinski definition) is 2. The Balaban J connectivity index is 2.00. The fourth-order valence-electron chi connectivity index (χ4n) is 1.57. The number of nitrogens with zero attached hydrogens (tertiary/aromatic N) is 1. The van der Waals surface area contributed by atoms with Crippen molar-refractivity contribution in [1.29, 1.82) is 0 Å². The van der Waals surface area contributed by atoms with Crippen molar-refractivity contribution < 1.29 is 4.79 Å². The zero-order chi connectivity index (χ0) is 9.97. The Kier molecular flexibility index (Phi) is 2.79. The molecule has 2 N–H and O–H groups in total. The number of hydrogen-bond acceptors (Lipinski definition) is 4. The highest BCUT2D eigenvalue weighted by Gasteiger charge is 2.17. The van der Waals surface area contributed by atoms with E-state index in [4.69, 9.17) is 0 Å². The van der Waals surface area contributed by atoms with Gasteiger partial charge in [-0.05, 0) is 26.3 Å². The molecule has 0 fully saturated rings. The summed E-state index contributed by atoms with van der Waals surface area (Å²) in [5.41, 5.74) is 1.18. The molecule has 0 unspecified atom stereocenters. The predicted molar refractivity (Wildman–Crippen MR) is 56.7 cm³/mol. The molecule has 0 aliphatic heterocycles. The van der Waals surface area contributed by atoms with Gasteiger partial charge in [-0.15, -0.1) is 11.3 Å². The van der Waals surface area contributed by atoms with Gasteiger partial charge in [0.05, 0.1) is 12.2 Å². The Labute approximate surface area is 86.7 Å². The fourth-order valence-corrected chi connectivity index (χ4v) is 2.63. The van der Waals surface area contributed by atoms with Gasteiger partial charge in [0.2, 0.25) is 5.91 Å². The lowest BCUT2D eigenvalue weighted by Crippen LogP contribution is -2.24. The zero-order valence-electron chi connectivity index (χ0n) is 8.09. The second kappa shape index (κ2) is 4.06. The predicted octanol–water partition coefficient (Wildman–Crippen LogP) is 0.790. The molecule has 1 amide bonds. The first-order chi connectivity index (χ1) is 6.79. The van der Waals surface area contributed by atoms with Gasteiger partial charge in [-0.1, -0.05) is 0 Å². The van der Waals surface area contributed by atoms with Gasteiger partial charge in [-0.3, -0.25) is 4.79 Å². The highest BCUT2D eigenvalue weighted by atomic mass is 32.1. The molecule has 0 bridgehead atoms. The molecule has 0 atom stereocenters. The van der Waals surface area contributed by atoms with E-state index in [-0.39, 0.29) is 5.91 Å². The lowest BCUT2D eigenvalue weighted by molar-refractivity contribution is -0.115. The van der Waals surface area contributed by atoms with E-state index < -0.39 is 0 Å². The SMILES string of the molecule is CNCC(=O)Nc1nc2c(s1)CCC2. The molecule has 14 heavy (non-hydrogen) atoms. The van der Waals surface area contributed by atoms with Crippen molar-refractivity contribution in [3.05, 3.63) is 10.6 Å². The quantitative estimate of drug-likeness (QED) is 0.777. The third-order valence-electron chi connectivity index (χ3n) is 2.18. The van der Waals surface area contributed by atoms with Crippen LogP contribution in [0.15, 0.2) is 0 Å². The summed E-state index contributed by atoms with van der Waals surface area (Å²) in [7, 11) is 1.75. The lowest BCUT2D eigenvalue weighted by atomic mass is 10.4. The van der Waals surface area contributed by atoms with Crippen LogP contribution >= 0.6 is 11.3 Å². The Morgan fingerprint density at radius 2 is 2.43 bits per heavy atom. The van der Waals surface area contributed by atoms with Crippen molar-refractivity contribution in [1.82, 2.24) is 10.3 Å². The monoisotopic (exact) mass is 211 g/mol. The number of nitrogens with one attached hydrogen (secondary N) is 2. The second-order valence-corrected chi connectivity index (χ2v) is 4.40. The Morgan fingerprint density at radius 3 is 3.14 bits per heavy atom. The number of rotatable bonds is 3. The maximum absolute atomic E-state index is 11.2. The van der Waals surface area contributed by atoms with E-state index in [1.807, 2.05) is 0 Å². The summed E-state index contributed by atoms with van der Waals surface area (Å²) in [5, 5.41) is 6.33. The maximum Gasteiger partial charge on any atom is 0.240 e. The van der Waals surface area contributed by atoms with Gasteiger partial charge in [-0.2, -0.15) is 0 Å². The van der Waals surface area contributed by atoms with Gasteiger partial charge in [-0.25, -0.2) is 4.98 Å². The largest absolute Gasteiger partial charge is 0.311 e. The molecule has 1 aromatic rings. The van der Waals surface area contributed by atoms with Gasteiger partial charge >= 0.3 is 0 Å². The van der Waals surface area contributed by atoms with Crippen molar-refractivity contribution in [3.63, 3.8) is 0 Å². The van der Waals surface area contributed by atoms with Crippen LogP contribution in [0.4, 0.5) is 5.13 Å². The summed E-state index contributed by atoms with van der Waals surface area (Å²) >= 11 is 1.61. The highest BCUT2D eigenvalue weighted by molar-refractivity contribution is 7.15. The summed E-state index contributed by atoms with van der Waals surface area (Å²) in [5.74, 6) is -0.0278. The van der Waals surface area contributed by atoms with Gasteiger partial charge in [0.15, 0.2) is 5.13 Å². The van der Waals surface area contributed by atoms with Gasteiger partial charge < -0.3 is 10.6 Å². The number of aryl methyl sites for hydroxylation is 2. The maximum atomic E-state index is 11.2. The summed E-state index contributed by atoms with van der Waals surface area (Å²) in [6, 6.07) is 0. The van der Waals surface area contributed by atoms with E-state index in [9.17, 15) is 4.79 Å². The number of aromatic nitrogens is 1. The van der Waals surface area contributed by atoms with Crippen LogP contribution < -0.4 is 10.6 Å². The van der Waals surface area contributed by atoms with Crippen LogP contribution in [0, 0.1) is 0 Å². The van der Waals surface area contributed by atoms with E-state index in [1.165, 1.54) is 17.0 Å². The Hall–Kier alpha value is -0.940. The highest BCUT2D eigenvalue weighted by Crippen LogP contribution is 2.30. The number of fused-ring (bicyclic) bond motifs is 1. The normalized spacial score (nSPS) is 14.1. The molecular formula is C9H13N3OS. The first-order valence-electron chi connectivity index (χ1n) is 4.72. The van der Waals surface area contributed by atoms with Crippen LogP contribution in [0.3, 0.4) is 0 Å². The van der Waals surface area contributed by atoms with Gasteiger partial charge in [0, 0.05) is 4.88 Å². The molecule has 0 saturated heterocycles. The summed E-state index contributed by atoms with van der Waals surface area (Å²) in [6.45, 7) is 0.338. The Bertz CT molecular complexity index is 326. The molecule has 0 aromatic carbocycles. The molecule has 0 saturated carbocycles. The van der Waals surface area contributed by atoms with Crippen LogP contribution in [0.1, 0.15) is 17.0 Å². The van der Waals surface area contributed by atoms with E-state index in [0.717, 1.165) is 18.0 Å². The zero-order valence-corrected chi connectivity index (χ0v) is 8.91. The molecule has 5 heteroatoms. The third-order valence-corrected chi connectivity index (χ3v) is 3.25. The number of thiazole rings is 1. The summed E-state index contributed by atoms with van der Waals surface area (Å²) in [6.07, 6.45) is 3.39. The number of carbonyl (C=O) groups is 1. The molecule has 76 valence electrons. The van der Waals surface area contributed by atoms with Gasteiger partial charge in [0.1, 0.15) is 0 Å². The topological polar surface area (TPSA) is 54.0 Å². The van der Waals surface area contributed by atoms with Crippen LogP contribution in [-0.4, -0.2) is 24.5 Å². The van der Waals surface area contributed by atoms with E-state index in [2.05, 4.69) is 15.6 Å². The minimum atomic E-state index is -0.0278. The minimum Gasteiger partial charge on any atom is -0.311 e. The van der Waals surface area contributed by atoms with Crippen molar-refractivity contribution in [2.24, 2.45) is 0 Å². The number of likely N-dealkylation sites (N-methyl/N-ethyl adjacent to an activating group) is 1. The first kappa shape index (κ1) is 9.61. The van der Waals surface area contributed by atoms with Crippen molar-refractivity contribution >= 4 is 22.4 Å². The average molecular weight is 211 g/mol. The molecule has 1 aliphatic carbocycles. The summed E-state index contributed by atoms with van der Waals surface area (Å²) in [4.78, 5) is 16.9. The van der Waals surface area contributed by atoms with Crippen molar-refractivity contribution in [3.8, 4) is 0 Å². The molecule has 1 aromatic heterocycles. The number of anilines is 1. The van der Waals surface area contributed by atoms with E-state index >= 15 is 0 Å². The third kappa shape index (κ3) is 1.93. The van der Waals surface area contributed by atoms with Gasteiger partial charge in [0.25, 0.3) is 0 Å². The fraction of sp³-hybridized carbons (Fsp3) is 0.556. The van der Waals surface area contributed by atoms with E-state index in [1.54, 1.807) is 18.4 Å². The Morgan fingerprint density at radius 1 is 1.57 bits per heavy atom.